The van der Waals surface area contributed by atoms with E-state index < -0.39 is 41.2 Å². The lowest BCUT2D eigenvalue weighted by molar-refractivity contribution is -0.137. The van der Waals surface area contributed by atoms with Gasteiger partial charge in [0.1, 0.15) is 12.4 Å². The zero-order valence-corrected chi connectivity index (χ0v) is 20.2. The van der Waals surface area contributed by atoms with Crippen LogP contribution in [0.2, 0.25) is 0 Å². The molecule has 1 N–H and O–H groups in total. The minimum absolute atomic E-state index is 0.0452. The number of nitrogens with zero attached hydrogens (tertiary/aromatic N) is 3. The molecular weight excluding hydrogens is 447 g/mol. The van der Waals surface area contributed by atoms with Crippen LogP contribution in [0.25, 0.3) is 0 Å². The molecule has 1 heterocycles. The number of aromatic nitrogens is 2. The molecule has 1 fully saturated rings. The average molecular weight is 488 g/mol. The molecule has 0 aliphatic heterocycles. The van der Waals surface area contributed by atoms with E-state index in [9.17, 15) is 23.1 Å². The summed E-state index contributed by atoms with van der Waals surface area (Å²) in [5, 5.41) is 9.99. The SMILES string of the molecule is [3H]C([3H])([3H])n1c(C(C)(C)C)cc(=NC(=O)c2cc(C(F)(F)F)ccc2OCC(C)(C)O)n1CC1CCC1. The molecule has 0 spiro atoms. The van der Waals surface area contributed by atoms with Gasteiger partial charge in [0.25, 0.3) is 5.91 Å². The fourth-order valence-corrected chi connectivity index (χ4v) is 3.63. The minimum atomic E-state index is -4.71. The maximum atomic E-state index is 13.4. The van der Waals surface area contributed by atoms with E-state index in [1.165, 1.54) is 24.6 Å². The van der Waals surface area contributed by atoms with Crippen LogP contribution in [0.1, 0.15) is 79.6 Å². The zero-order chi connectivity index (χ0) is 28.0. The Balaban J connectivity index is 2.21. The number of alkyl halides is 3. The molecule has 1 aliphatic rings. The van der Waals surface area contributed by atoms with Crippen LogP contribution in [0.4, 0.5) is 13.2 Å². The van der Waals surface area contributed by atoms with Crippen LogP contribution in [0.3, 0.4) is 0 Å². The molecule has 0 saturated heterocycles. The quantitative estimate of drug-likeness (QED) is 0.634. The number of aliphatic hydroxyl groups is 1. The second kappa shape index (κ2) is 9.24. The van der Waals surface area contributed by atoms with E-state index in [1.807, 2.05) is 20.8 Å². The van der Waals surface area contributed by atoms with Gasteiger partial charge in [-0.05, 0) is 50.8 Å². The Hall–Kier alpha value is -2.55. The topological polar surface area (TPSA) is 68.8 Å². The van der Waals surface area contributed by atoms with Crippen LogP contribution in [-0.2, 0) is 25.1 Å². The van der Waals surface area contributed by atoms with Crippen molar-refractivity contribution < 1.29 is 31.9 Å². The largest absolute Gasteiger partial charge is 0.490 e. The highest BCUT2D eigenvalue weighted by molar-refractivity contribution is 5.97. The molecule has 2 aromatic rings. The molecule has 9 heteroatoms. The number of hydrogen-bond acceptors (Lipinski definition) is 3. The lowest BCUT2D eigenvalue weighted by atomic mass is 9.85. The summed E-state index contributed by atoms with van der Waals surface area (Å²) in [6.07, 6.45) is -1.89. The molecule has 0 atom stereocenters. The minimum Gasteiger partial charge on any atom is -0.490 e. The normalized spacial score (nSPS) is 17.7. The maximum Gasteiger partial charge on any atom is 0.416 e. The van der Waals surface area contributed by atoms with Gasteiger partial charge in [-0.1, -0.05) is 27.2 Å². The molecule has 1 aromatic heterocycles. The van der Waals surface area contributed by atoms with Crippen LogP contribution in [0.15, 0.2) is 29.3 Å². The first-order chi connectivity index (χ1) is 16.8. The van der Waals surface area contributed by atoms with Crippen molar-refractivity contribution in [1.29, 1.82) is 0 Å². The maximum absolute atomic E-state index is 13.4. The Kier molecular flexibility index (Phi) is 5.97. The first kappa shape index (κ1) is 21.9. The summed E-state index contributed by atoms with van der Waals surface area (Å²) in [6, 6.07) is 3.98. The number of carbonyl (C=O) groups is 1. The van der Waals surface area contributed by atoms with E-state index in [0.29, 0.717) is 18.3 Å². The Bertz CT molecular complexity index is 1210. The molecule has 3 rings (SSSR count). The number of ether oxygens (including phenoxy) is 1. The smallest absolute Gasteiger partial charge is 0.416 e. The summed E-state index contributed by atoms with van der Waals surface area (Å²) in [6.45, 7) is 5.88. The summed E-state index contributed by atoms with van der Waals surface area (Å²) >= 11 is 0. The van der Waals surface area contributed by atoms with E-state index in [0.717, 1.165) is 36.1 Å². The molecule has 34 heavy (non-hydrogen) atoms. The Morgan fingerprint density at radius 2 is 1.88 bits per heavy atom. The number of halogens is 3. The number of hydrogen-bond donors (Lipinski definition) is 1. The molecule has 1 amide bonds. The highest BCUT2D eigenvalue weighted by Gasteiger charge is 2.32. The van der Waals surface area contributed by atoms with Crippen LogP contribution in [-0.4, -0.2) is 32.6 Å². The molecule has 1 saturated carbocycles. The number of amides is 1. The first-order valence-electron chi connectivity index (χ1n) is 12.8. The number of rotatable bonds is 6. The first-order valence-corrected chi connectivity index (χ1v) is 11.3. The second-order valence-corrected chi connectivity index (χ2v) is 10.6. The zero-order valence-electron chi connectivity index (χ0n) is 23.2. The Morgan fingerprint density at radius 3 is 2.38 bits per heavy atom. The predicted molar refractivity (Wildman–Crippen MR) is 123 cm³/mol. The monoisotopic (exact) mass is 487 g/mol. The van der Waals surface area contributed by atoms with Crippen LogP contribution in [0, 0.1) is 5.92 Å². The van der Waals surface area contributed by atoms with Gasteiger partial charge in [0.05, 0.1) is 16.7 Å². The van der Waals surface area contributed by atoms with Crippen LogP contribution >= 0.6 is 0 Å². The van der Waals surface area contributed by atoms with E-state index in [1.54, 1.807) is 0 Å². The standard InChI is InChI=1S/C25H34F3N3O3/c1-23(2,3)20-13-21(31(30(20)6)14-16-8-7-9-16)29-22(32)18-12-17(25(26,27)28)10-11-19(18)34-15-24(4,5)33/h10-13,16,33H,7-9,14-15H2,1-6H3/i6T3. The molecule has 0 unspecified atom stereocenters. The average Bonchev–Trinajstić information content (AvgIpc) is 3.06. The van der Waals surface area contributed by atoms with Crippen molar-refractivity contribution in [3.8, 4) is 5.75 Å². The molecule has 1 aromatic carbocycles. The van der Waals surface area contributed by atoms with Gasteiger partial charge in [-0.2, -0.15) is 18.2 Å². The van der Waals surface area contributed by atoms with Gasteiger partial charge in [-0.15, -0.1) is 0 Å². The van der Waals surface area contributed by atoms with Crippen molar-refractivity contribution in [3.63, 3.8) is 0 Å². The van der Waals surface area contributed by atoms with Gasteiger partial charge < -0.3 is 9.84 Å². The van der Waals surface area contributed by atoms with Gasteiger partial charge in [0, 0.05) is 34.8 Å². The van der Waals surface area contributed by atoms with Crippen molar-refractivity contribution in [2.75, 3.05) is 6.61 Å². The van der Waals surface area contributed by atoms with Crippen molar-refractivity contribution in [3.05, 3.63) is 46.6 Å². The van der Waals surface area contributed by atoms with Gasteiger partial charge >= 0.3 is 6.18 Å². The number of carbonyl (C=O) groups excluding carboxylic acids is 1. The van der Waals surface area contributed by atoms with Crippen molar-refractivity contribution in [2.24, 2.45) is 17.9 Å². The van der Waals surface area contributed by atoms with Crippen molar-refractivity contribution >= 4 is 5.91 Å². The molecular formula is C25H34F3N3O3. The molecule has 1 aliphatic carbocycles. The van der Waals surface area contributed by atoms with Gasteiger partial charge in [-0.25, -0.2) is 0 Å². The molecule has 0 radical (unpaired) electrons. The Morgan fingerprint density at radius 1 is 1.21 bits per heavy atom. The third-order valence-electron chi connectivity index (χ3n) is 5.76. The number of benzene rings is 1. The highest BCUT2D eigenvalue weighted by atomic mass is 19.4. The fourth-order valence-electron chi connectivity index (χ4n) is 3.63. The highest BCUT2D eigenvalue weighted by Crippen LogP contribution is 2.33. The summed E-state index contributed by atoms with van der Waals surface area (Å²) in [5.41, 5.74) is -2.95. The predicted octanol–water partition coefficient (Wildman–Crippen LogP) is 4.83. The van der Waals surface area contributed by atoms with Gasteiger partial charge in [0.2, 0.25) is 0 Å². The van der Waals surface area contributed by atoms with Gasteiger partial charge in [-0.3, -0.25) is 14.2 Å². The van der Waals surface area contributed by atoms with Crippen LogP contribution in [0.5, 0.6) is 5.75 Å². The molecule has 0 bridgehead atoms. The van der Waals surface area contributed by atoms with E-state index in [-0.39, 0.29) is 23.8 Å². The fraction of sp³-hybridized carbons (Fsp3) is 0.600. The van der Waals surface area contributed by atoms with E-state index >= 15 is 0 Å². The van der Waals surface area contributed by atoms with Crippen molar-refractivity contribution in [1.82, 2.24) is 9.36 Å². The summed E-state index contributed by atoms with van der Waals surface area (Å²) in [4.78, 5) is 17.5. The van der Waals surface area contributed by atoms with E-state index in [4.69, 9.17) is 8.85 Å². The van der Waals surface area contributed by atoms with Gasteiger partial charge in [0.15, 0.2) is 5.49 Å². The van der Waals surface area contributed by atoms with Crippen molar-refractivity contribution in [2.45, 2.75) is 77.6 Å². The third-order valence-corrected chi connectivity index (χ3v) is 5.76. The second-order valence-electron chi connectivity index (χ2n) is 10.6. The lowest BCUT2D eigenvalue weighted by Gasteiger charge is -2.27. The Labute approximate surface area is 202 Å². The summed E-state index contributed by atoms with van der Waals surface area (Å²) in [7, 11) is 0. The third kappa shape index (κ3) is 6.11. The summed E-state index contributed by atoms with van der Waals surface area (Å²) in [5.74, 6) is -0.972. The lowest BCUT2D eigenvalue weighted by Crippen LogP contribution is -2.31. The van der Waals surface area contributed by atoms with Crippen LogP contribution < -0.4 is 10.2 Å². The molecule has 188 valence electrons. The van der Waals surface area contributed by atoms with E-state index in [2.05, 4.69) is 4.99 Å². The summed E-state index contributed by atoms with van der Waals surface area (Å²) < 4.78 is 72.8. The molecule has 6 nitrogen and oxygen atoms in total.